The molecule has 0 spiro atoms. The predicted molar refractivity (Wildman–Crippen MR) is 144 cm³/mol. The molecule has 8 aromatic carbocycles. The molecule has 2 heteroatoms. The van der Waals surface area contributed by atoms with Gasteiger partial charge in [0.25, 0.3) is 0 Å². The van der Waals surface area contributed by atoms with Crippen molar-refractivity contribution in [1.29, 1.82) is 0 Å². The molecule has 0 bridgehead atoms. The summed E-state index contributed by atoms with van der Waals surface area (Å²) in [5.74, 6) is 0.673. The van der Waals surface area contributed by atoms with Gasteiger partial charge in [-0.05, 0) is 81.2 Å². The first kappa shape index (κ1) is 18.2. The van der Waals surface area contributed by atoms with E-state index in [1.165, 1.54) is 11.1 Å². The molecule has 0 aliphatic carbocycles. The first-order valence-electron chi connectivity index (χ1n) is 11.6. The summed E-state index contributed by atoms with van der Waals surface area (Å²) in [6, 6.07) is 25.4. The van der Waals surface area contributed by atoms with E-state index in [0.29, 0.717) is 11.5 Å². The second-order valence-corrected chi connectivity index (χ2v) is 9.82. The summed E-state index contributed by atoms with van der Waals surface area (Å²) in [5, 5.41) is 37.4. The topological polar surface area (TPSA) is 40.5 Å². The van der Waals surface area contributed by atoms with Crippen molar-refractivity contribution in [3.63, 3.8) is 0 Å². The number of aromatic hydroxyl groups is 2. The van der Waals surface area contributed by atoms with E-state index in [0.717, 1.165) is 75.4 Å². The zero-order chi connectivity index (χ0) is 22.9. The normalized spacial score (nSPS) is 12.6. The van der Waals surface area contributed by atoms with Crippen molar-refractivity contribution in [3.05, 3.63) is 83.9 Å². The van der Waals surface area contributed by atoms with Crippen LogP contribution in [-0.2, 0) is 0 Å². The number of phenolic OH excluding ortho intramolecular Hbond substituents is 2. The Morgan fingerprint density at radius 1 is 0.382 bits per heavy atom. The quantitative estimate of drug-likeness (QED) is 0.184. The summed E-state index contributed by atoms with van der Waals surface area (Å²) in [4.78, 5) is 0. The average Bonchev–Trinajstić information content (AvgIpc) is 2.84. The molecule has 8 aromatic rings. The van der Waals surface area contributed by atoms with Crippen LogP contribution in [0.1, 0.15) is 11.1 Å². The Hall–Kier alpha value is -4.30. The van der Waals surface area contributed by atoms with Gasteiger partial charge >= 0.3 is 0 Å². The van der Waals surface area contributed by atoms with Gasteiger partial charge in [-0.15, -0.1) is 0 Å². The highest BCUT2D eigenvalue weighted by Crippen LogP contribution is 2.51. The third-order valence-corrected chi connectivity index (χ3v) is 7.81. The molecule has 0 aromatic heterocycles. The molecule has 2 N–H and O–H groups in total. The number of hydrogen-bond acceptors (Lipinski definition) is 2. The SMILES string of the molecule is Cc1ccc2c(O)c3ccc4cc5c6cc(C)ccc6c(O)c6ccc7cc(c2c1)c3c4c7c65. The summed E-state index contributed by atoms with van der Waals surface area (Å²) >= 11 is 0. The van der Waals surface area contributed by atoms with Gasteiger partial charge in [-0.25, -0.2) is 0 Å². The molecule has 0 saturated heterocycles. The molecule has 0 radical (unpaired) electrons. The molecule has 160 valence electrons. The van der Waals surface area contributed by atoms with E-state index in [1.54, 1.807) is 0 Å². The molecule has 34 heavy (non-hydrogen) atoms. The van der Waals surface area contributed by atoms with Crippen LogP contribution < -0.4 is 0 Å². The van der Waals surface area contributed by atoms with Crippen molar-refractivity contribution in [2.75, 3.05) is 0 Å². The fourth-order valence-corrected chi connectivity index (χ4v) is 6.32. The van der Waals surface area contributed by atoms with Crippen LogP contribution in [0.5, 0.6) is 11.5 Å². The average molecular weight is 437 g/mol. The van der Waals surface area contributed by atoms with E-state index in [4.69, 9.17) is 0 Å². The Labute approximate surface area is 194 Å². The summed E-state index contributed by atoms with van der Waals surface area (Å²) in [6.07, 6.45) is 0. The number of rotatable bonds is 0. The monoisotopic (exact) mass is 436 g/mol. The lowest BCUT2D eigenvalue weighted by atomic mass is 9.83. The molecule has 0 atom stereocenters. The Balaban J connectivity index is 1.76. The summed E-state index contributed by atoms with van der Waals surface area (Å²) < 4.78 is 0. The number of fused-ring (bicyclic) bond motifs is 4. The van der Waals surface area contributed by atoms with Gasteiger partial charge in [0, 0.05) is 32.3 Å². The molecule has 0 saturated carbocycles. The van der Waals surface area contributed by atoms with Gasteiger partial charge in [0.15, 0.2) is 0 Å². The van der Waals surface area contributed by atoms with Gasteiger partial charge in [0.05, 0.1) is 0 Å². The van der Waals surface area contributed by atoms with Crippen LogP contribution in [0.2, 0.25) is 0 Å². The maximum Gasteiger partial charge on any atom is 0.131 e. The van der Waals surface area contributed by atoms with Crippen molar-refractivity contribution in [2.45, 2.75) is 13.8 Å². The fourth-order valence-electron chi connectivity index (χ4n) is 6.32. The minimum absolute atomic E-state index is 0.336. The smallest absolute Gasteiger partial charge is 0.131 e. The third-order valence-electron chi connectivity index (χ3n) is 7.81. The first-order chi connectivity index (χ1) is 16.5. The maximum atomic E-state index is 11.3. The summed E-state index contributed by atoms with van der Waals surface area (Å²) in [6.45, 7) is 4.18. The predicted octanol–water partition coefficient (Wildman–Crippen LogP) is 8.66. The fraction of sp³-hybridized carbons (Fsp3) is 0.0625. The highest BCUT2D eigenvalue weighted by molar-refractivity contribution is 6.42. The van der Waals surface area contributed by atoms with Crippen LogP contribution >= 0.6 is 0 Å². The van der Waals surface area contributed by atoms with E-state index in [1.807, 2.05) is 12.1 Å². The van der Waals surface area contributed by atoms with E-state index in [9.17, 15) is 10.2 Å². The van der Waals surface area contributed by atoms with E-state index in [-0.39, 0.29) is 0 Å². The second-order valence-electron chi connectivity index (χ2n) is 9.82. The molecule has 0 fully saturated rings. The molecule has 0 aliphatic heterocycles. The van der Waals surface area contributed by atoms with Crippen LogP contribution in [0.4, 0.5) is 0 Å². The molecular formula is C32H20O2. The minimum atomic E-state index is 0.336. The van der Waals surface area contributed by atoms with Gasteiger partial charge in [-0.1, -0.05) is 59.7 Å². The Bertz CT molecular complexity index is 1990. The highest BCUT2D eigenvalue weighted by Gasteiger charge is 2.22. The van der Waals surface area contributed by atoms with Crippen molar-refractivity contribution >= 4 is 75.4 Å². The first-order valence-corrected chi connectivity index (χ1v) is 11.6. The van der Waals surface area contributed by atoms with Gasteiger partial charge in [0.1, 0.15) is 11.5 Å². The standard InChI is InChI=1S/C32H20O2/c1-15-3-7-19-23(11-15)25-13-17-5-10-22-30-26(24-12-16(2)4-8-20(24)32(22)34)14-18-6-9-21(31(19)33)29(25)27(18)28(17)30/h3-14,33-34H,1-2H3. The van der Waals surface area contributed by atoms with Crippen LogP contribution in [0.3, 0.4) is 0 Å². The van der Waals surface area contributed by atoms with Crippen LogP contribution in [0.25, 0.3) is 75.4 Å². The van der Waals surface area contributed by atoms with Crippen LogP contribution in [0.15, 0.2) is 72.8 Å². The number of phenols is 2. The zero-order valence-corrected chi connectivity index (χ0v) is 18.8. The molecule has 0 aliphatic rings. The summed E-state index contributed by atoms with van der Waals surface area (Å²) in [5.41, 5.74) is 2.34. The van der Waals surface area contributed by atoms with Crippen LogP contribution in [-0.4, -0.2) is 10.2 Å². The van der Waals surface area contributed by atoms with E-state index >= 15 is 0 Å². The lowest BCUT2D eigenvalue weighted by Crippen LogP contribution is -1.92. The van der Waals surface area contributed by atoms with Crippen LogP contribution in [0, 0.1) is 13.8 Å². The highest BCUT2D eigenvalue weighted by atomic mass is 16.3. The molecule has 0 heterocycles. The van der Waals surface area contributed by atoms with Crippen molar-refractivity contribution in [3.8, 4) is 11.5 Å². The molecule has 0 unspecified atom stereocenters. The van der Waals surface area contributed by atoms with Gasteiger partial charge < -0.3 is 10.2 Å². The lowest BCUT2D eigenvalue weighted by Gasteiger charge is -2.20. The third kappa shape index (κ3) is 1.99. The number of aryl methyl sites for hydroxylation is 2. The maximum absolute atomic E-state index is 11.3. The zero-order valence-electron chi connectivity index (χ0n) is 18.8. The minimum Gasteiger partial charge on any atom is -0.507 e. The molecular weight excluding hydrogens is 416 g/mol. The van der Waals surface area contributed by atoms with Gasteiger partial charge in [0.2, 0.25) is 0 Å². The van der Waals surface area contributed by atoms with Crippen molar-refractivity contribution in [1.82, 2.24) is 0 Å². The van der Waals surface area contributed by atoms with E-state index in [2.05, 4.69) is 74.5 Å². The molecule has 2 nitrogen and oxygen atoms in total. The Morgan fingerprint density at radius 2 is 0.794 bits per heavy atom. The van der Waals surface area contributed by atoms with Gasteiger partial charge in [-0.2, -0.15) is 0 Å². The number of hydrogen-bond donors (Lipinski definition) is 2. The largest absolute Gasteiger partial charge is 0.507 e. The molecule has 8 rings (SSSR count). The molecule has 0 amide bonds. The van der Waals surface area contributed by atoms with Gasteiger partial charge in [-0.3, -0.25) is 0 Å². The van der Waals surface area contributed by atoms with Crippen molar-refractivity contribution in [2.24, 2.45) is 0 Å². The Morgan fingerprint density at radius 3 is 1.24 bits per heavy atom. The number of benzene rings is 8. The summed E-state index contributed by atoms with van der Waals surface area (Å²) in [7, 11) is 0. The Kier molecular flexibility index (Phi) is 3.09. The van der Waals surface area contributed by atoms with Crippen molar-refractivity contribution < 1.29 is 10.2 Å². The second kappa shape index (κ2) is 5.78. The lowest BCUT2D eigenvalue weighted by molar-refractivity contribution is 0.487. The van der Waals surface area contributed by atoms with E-state index < -0.39 is 0 Å².